The third kappa shape index (κ3) is 4.99. The van der Waals surface area contributed by atoms with E-state index in [1.54, 1.807) is 0 Å². The molecule has 2 amide bonds. The Hall–Kier alpha value is -3.03. The van der Waals surface area contributed by atoms with E-state index in [0.29, 0.717) is 22.0 Å². The van der Waals surface area contributed by atoms with Gasteiger partial charge in [0.05, 0.1) is 23.7 Å². The van der Waals surface area contributed by atoms with Crippen LogP contribution in [0.1, 0.15) is 38.8 Å². The van der Waals surface area contributed by atoms with Crippen molar-refractivity contribution >= 4 is 46.0 Å². The van der Waals surface area contributed by atoms with Crippen LogP contribution < -0.4 is 10.6 Å². The third-order valence-corrected chi connectivity index (χ3v) is 6.50. The molecule has 0 radical (unpaired) electrons. The van der Waals surface area contributed by atoms with Crippen molar-refractivity contribution in [3.63, 3.8) is 0 Å². The maximum atomic E-state index is 13.5. The first kappa shape index (κ1) is 23.1. The van der Waals surface area contributed by atoms with Gasteiger partial charge in [0.1, 0.15) is 0 Å². The lowest BCUT2D eigenvalue weighted by Gasteiger charge is -2.37. The predicted molar refractivity (Wildman–Crippen MR) is 135 cm³/mol. The Morgan fingerprint density at radius 3 is 2.52 bits per heavy atom. The lowest BCUT2D eigenvalue weighted by molar-refractivity contribution is -0.121. The van der Waals surface area contributed by atoms with Crippen LogP contribution in [0.3, 0.4) is 0 Å². The zero-order valence-electron chi connectivity index (χ0n) is 18.6. The lowest BCUT2D eigenvalue weighted by atomic mass is 9.93. The summed E-state index contributed by atoms with van der Waals surface area (Å²) in [4.78, 5) is 32.8. The zero-order valence-corrected chi connectivity index (χ0v) is 20.2. The molecule has 2 aromatic rings. The summed E-state index contributed by atoms with van der Waals surface area (Å²) in [5.41, 5.74) is 3.36. The minimum Gasteiger partial charge on any atom is -0.354 e. The number of hydrogen-bond donors (Lipinski definition) is 2. The van der Waals surface area contributed by atoms with Crippen molar-refractivity contribution < 1.29 is 9.59 Å². The summed E-state index contributed by atoms with van der Waals surface area (Å²) in [7, 11) is 0. The standard InChI is InChI=1S/C25H25ClN4O2S/c1-15(2)27-21(31)13-18-14-33-25-28-16(3)22(24(32)29-17-9-5-4-6-10-17)23(30(18)25)19-11-7-8-12-20(19)26/h4-12,14-15,23H,13H2,1-3H3,(H,27,31)(H,29,32). The van der Waals surface area contributed by atoms with Gasteiger partial charge in [0.15, 0.2) is 5.17 Å². The number of anilines is 1. The highest BCUT2D eigenvalue weighted by Gasteiger charge is 2.41. The van der Waals surface area contributed by atoms with Gasteiger partial charge in [-0.15, -0.1) is 0 Å². The molecule has 170 valence electrons. The van der Waals surface area contributed by atoms with E-state index in [2.05, 4.69) is 10.6 Å². The summed E-state index contributed by atoms with van der Waals surface area (Å²) in [5, 5.41) is 9.11. The van der Waals surface area contributed by atoms with Crippen LogP contribution in [0.5, 0.6) is 0 Å². The van der Waals surface area contributed by atoms with Crippen LogP contribution >= 0.6 is 23.4 Å². The van der Waals surface area contributed by atoms with Gasteiger partial charge in [0.25, 0.3) is 5.91 Å². The van der Waals surface area contributed by atoms with Crippen LogP contribution in [0.2, 0.25) is 5.02 Å². The molecule has 0 saturated heterocycles. The Morgan fingerprint density at radius 1 is 1.12 bits per heavy atom. The van der Waals surface area contributed by atoms with Gasteiger partial charge in [-0.3, -0.25) is 9.59 Å². The number of para-hydroxylation sites is 1. The van der Waals surface area contributed by atoms with Gasteiger partial charge in [0.2, 0.25) is 5.91 Å². The molecular weight excluding hydrogens is 456 g/mol. The highest BCUT2D eigenvalue weighted by Crippen LogP contribution is 2.46. The highest BCUT2D eigenvalue weighted by molar-refractivity contribution is 8.16. The molecule has 0 saturated carbocycles. The number of fused-ring (bicyclic) bond motifs is 1. The van der Waals surface area contributed by atoms with Crippen LogP contribution in [0.25, 0.3) is 0 Å². The van der Waals surface area contributed by atoms with E-state index in [1.807, 2.05) is 85.7 Å². The summed E-state index contributed by atoms with van der Waals surface area (Å²) in [6.45, 7) is 5.68. The second-order valence-electron chi connectivity index (χ2n) is 8.13. The van der Waals surface area contributed by atoms with Gasteiger partial charge >= 0.3 is 0 Å². The minimum absolute atomic E-state index is 0.0374. The molecule has 2 aliphatic rings. The lowest BCUT2D eigenvalue weighted by Crippen LogP contribution is -2.39. The molecule has 0 fully saturated rings. The van der Waals surface area contributed by atoms with Crippen molar-refractivity contribution in [2.45, 2.75) is 39.3 Å². The molecule has 2 N–H and O–H groups in total. The number of hydrogen-bond acceptors (Lipinski definition) is 5. The van der Waals surface area contributed by atoms with E-state index in [-0.39, 0.29) is 24.3 Å². The van der Waals surface area contributed by atoms with Gasteiger partial charge in [-0.25, -0.2) is 4.99 Å². The third-order valence-electron chi connectivity index (χ3n) is 5.27. The van der Waals surface area contributed by atoms with Crippen LogP contribution in [-0.2, 0) is 9.59 Å². The second kappa shape index (κ2) is 9.85. The quantitative estimate of drug-likeness (QED) is 0.575. The fraction of sp³-hybridized carbons (Fsp3) is 0.240. The minimum atomic E-state index is -0.511. The molecular formula is C25H25ClN4O2S. The number of aliphatic imine (C=N–C) groups is 1. The first-order valence-corrected chi connectivity index (χ1v) is 12.0. The Balaban J connectivity index is 1.75. The van der Waals surface area contributed by atoms with E-state index < -0.39 is 6.04 Å². The van der Waals surface area contributed by atoms with Gasteiger partial charge in [-0.2, -0.15) is 0 Å². The van der Waals surface area contributed by atoms with E-state index in [0.717, 1.165) is 16.4 Å². The molecule has 0 aromatic heterocycles. The molecule has 0 aliphatic carbocycles. The number of amidine groups is 1. The average molecular weight is 481 g/mol. The Kier molecular flexibility index (Phi) is 6.91. The number of allylic oxidation sites excluding steroid dienone is 1. The smallest absolute Gasteiger partial charge is 0.255 e. The average Bonchev–Trinajstić information content (AvgIpc) is 3.15. The predicted octanol–water partition coefficient (Wildman–Crippen LogP) is 5.47. The maximum Gasteiger partial charge on any atom is 0.255 e. The number of rotatable bonds is 6. The summed E-state index contributed by atoms with van der Waals surface area (Å²) in [6.07, 6.45) is 0.178. The van der Waals surface area contributed by atoms with Crippen LogP contribution in [0.15, 0.2) is 82.0 Å². The maximum absolute atomic E-state index is 13.5. The Labute approximate surface area is 202 Å². The van der Waals surface area contributed by atoms with Crippen molar-refractivity contribution in [2.75, 3.05) is 5.32 Å². The van der Waals surface area contributed by atoms with E-state index in [4.69, 9.17) is 16.6 Å². The Bertz CT molecular complexity index is 1170. The van der Waals surface area contributed by atoms with Crippen LogP contribution in [0, 0.1) is 0 Å². The highest BCUT2D eigenvalue weighted by atomic mass is 35.5. The molecule has 33 heavy (non-hydrogen) atoms. The van der Waals surface area contributed by atoms with Crippen molar-refractivity contribution in [3.8, 4) is 0 Å². The normalized spacial score (nSPS) is 17.5. The molecule has 2 aromatic carbocycles. The van der Waals surface area contributed by atoms with Gasteiger partial charge in [0, 0.05) is 22.4 Å². The largest absolute Gasteiger partial charge is 0.354 e. The number of amides is 2. The van der Waals surface area contributed by atoms with Gasteiger partial charge < -0.3 is 15.5 Å². The molecule has 1 atom stereocenters. The first-order valence-electron chi connectivity index (χ1n) is 10.7. The molecule has 8 heteroatoms. The molecule has 2 aliphatic heterocycles. The number of thioether (sulfide) groups is 1. The fourth-order valence-corrected chi connectivity index (χ4v) is 5.11. The molecule has 0 spiro atoms. The molecule has 1 unspecified atom stereocenters. The van der Waals surface area contributed by atoms with Crippen molar-refractivity contribution in [3.05, 3.63) is 87.6 Å². The van der Waals surface area contributed by atoms with E-state index >= 15 is 0 Å². The topological polar surface area (TPSA) is 73.8 Å². The molecule has 2 heterocycles. The number of nitrogens with zero attached hydrogens (tertiary/aromatic N) is 2. The summed E-state index contributed by atoms with van der Waals surface area (Å²) in [5.74, 6) is -0.341. The van der Waals surface area contributed by atoms with Crippen LogP contribution in [0.4, 0.5) is 5.69 Å². The fourth-order valence-electron chi connectivity index (χ4n) is 3.91. The summed E-state index contributed by atoms with van der Waals surface area (Å²) in [6, 6.07) is 16.3. The number of carbonyl (C=O) groups is 2. The van der Waals surface area contributed by atoms with E-state index in [9.17, 15) is 9.59 Å². The van der Waals surface area contributed by atoms with Crippen molar-refractivity contribution in [1.82, 2.24) is 10.2 Å². The van der Waals surface area contributed by atoms with E-state index in [1.165, 1.54) is 11.8 Å². The van der Waals surface area contributed by atoms with Gasteiger partial charge in [-0.05, 0) is 49.9 Å². The molecule has 4 rings (SSSR count). The van der Waals surface area contributed by atoms with Gasteiger partial charge in [-0.1, -0.05) is 59.8 Å². The number of nitrogens with one attached hydrogen (secondary N) is 2. The number of benzene rings is 2. The second-order valence-corrected chi connectivity index (χ2v) is 9.38. The summed E-state index contributed by atoms with van der Waals surface area (Å²) >= 11 is 8.07. The number of carbonyl (C=O) groups excluding carboxylic acids is 2. The van der Waals surface area contributed by atoms with Crippen molar-refractivity contribution in [2.24, 2.45) is 4.99 Å². The van der Waals surface area contributed by atoms with Crippen molar-refractivity contribution in [1.29, 1.82) is 0 Å². The monoisotopic (exact) mass is 480 g/mol. The first-order chi connectivity index (χ1) is 15.8. The zero-order chi connectivity index (χ0) is 23.5. The molecule has 0 bridgehead atoms. The number of halogens is 1. The Morgan fingerprint density at radius 2 is 1.82 bits per heavy atom. The molecule has 6 nitrogen and oxygen atoms in total. The summed E-state index contributed by atoms with van der Waals surface area (Å²) < 4.78 is 0. The van der Waals surface area contributed by atoms with Crippen LogP contribution in [-0.4, -0.2) is 27.9 Å². The SMILES string of the molecule is CC1=C(C(=O)Nc2ccccc2)C(c2ccccc2Cl)N2C(CC(=O)NC(C)C)=CSC2=N1.